The number of nitrogens with zero attached hydrogens (tertiary/aromatic N) is 2. The molecule has 4 N–H and O–H groups in total. The highest BCUT2D eigenvalue weighted by Crippen LogP contribution is 2.32. The number of fused-ring (bicyclic) bond motifs is 1. The van der Waals surface area contributed by atoms with Crippen LogP contribution in [0.3, 0.4) is 0 Å². The van der Waals surface area contributed by atoms with E-state index in [-0.39, 0.29) is 0 Å². The Bertz CT molecular complexity index is 786. The number of ether oxygens (including phenoxy) is 1. The van der Waals surface area contributed by atoms with Crippen LogP contribution < -0.4 is 16.2 Å². The van der Waals surface area contributed by atoms with Crippen molar-refractivity contribution in [2.75, 3.05) is 18.6 Å². The Balaban J connectivity index is 2.29. The van der Waals surface area contributed by atoms with Gasteiger partial charge in [0.1, 0.15) is 17.4 Å². The van der Waals surface area contributed by atoms with Gasteiger partial charge in [-0.1, -0.05) is 6.07 Å². The third-order valence-corrected chi connectivity index (χ3v) is 3.17. The molecule has 0 aliphatic rings. The first-order valence-electron chi connectivity index (χ1n) is 6.14. The standard InChI is InChI=1S/C15H14N4O/c1-20-10-3-2-9-6-7-18-14(12(9)8-10)11-4-5-13(16)19-15(11)17/h2-8H,1H3,(H4,16,17,19). The number of nitrogen functional groups attached to an aromatic ring is 2. The van der Waals surface area contributed by atoms with Crippen LogP contribution in [0.15, 0.2) is 42.6 Å². The average Bonchev–Trinajstić information content (AvgIpc) is 2.46. The summed E-state index contributed by atoms with van der Waals surface area (Å²) < 4.78 is 5.27. The minimum absolute atomic E-state index is 0.368. The molecule has 0 saturated heterocycles. The van der Waals surface area contributed by atoms with Crippen LogP contribution in [0.1, 0.15) is 0 Å². The average molecular weight is 266 g/mol. The third kappa shape index (κ3) is 1.99. The molecule has 2 heterocycles. The molecule has 3 rings (SSSR count). The maximum atomic E-state index is 5.95. The maximum Gasteiger partial charge on any atom is 0.135 e. The number of rotatable bonds is 2. The molecule has 0 spiro atoms. The molecule has 5 heteroatoms. The van der Waals surface area contributed by atoms with Crippen LogP contribution in [0, 0.1) is 0 Å². The molecular weight excluding hydrogens is 252 g/mol. The molecule has 0 fully saturated rings. The predicted octanol–water partition coefficient (Wildman–Crippen LogP) is 2.47. The van der Waals surface area contributed by atoms with Gasteiger partial charge in [-0.3, -0.25) is 4.98 Å². The topological polar surface area (TPSA) is 87.0 Å². The summed E-state index contributed by atoms with van der Waals surface area (Å²) in [6.45, 7) is 0. The lowest BCUT2D eigenvalue weighted by atomic mass is 10.0. The number of aromatic nitrogens is 2. The molecule has 0 radical (unpaired) electrons. The first-order chi connectivity index (χ1) is 9.69. The largest absolute Gasteiger partial charge is 0.497 e. The molecule has 0 aliphatic carbocycles. The predicted molar refractivity (Wildman–Crippen MR) is 80.4 cm³/mol. The lowest BCUT2D eigenvalue weighted by molar-refractivity contribution is 0.415. The third-order valence-electron chi connectivity index (χ3n) is 3.17. The summed E-state index contributed by atoms with van der Waals surface area (Å²) in [6.07, 6.45) is 1.75. The number of anilines is 2. The quantitative estimate of drug-likeness (QED) is 0.744. The normalized spacial score (nSPS) is 10.7. The van der Waals surface area contributed by atoms with E-state index in [0.717, 1.165) is 27.8 Å². The number of benzene rings is 1. The summed E-state index contributed by atoms with van der Waals surface area (Å²) in [5.41, 5.74) is 13.1. The van der Waals surface area contributed by atoms with Gasteiger partial charge in [0.25, 0.3) is 0 Å². The molecule has 100 valence electrons. The lowest BCUT2D eigenvalue weighted by Gasteiger charge is -2.09. The van der Waals surface area contributed by atoms with Gasteiger partial charge in [-0.15, -0.1) is 0 Å². The molecule has 5 nitrogen and oxygen atoms in total. The second kappa shape index (κ2) is 4.70. The highest BCUT2D eigenvalue weighted by molar-refractivity contribution is 5.97. The Labute approximate surface area is 116 Å². The van der Waals surface area contributed by atoms with Crippen LogP contribution in [0.5, 0.6) is 5.75 Å². The molecule has 0 atom stereocenters. The van der Waals surface area contributed by atoms with Crippen LogP contribution >= 0.6 is 0 Å². The lowest BCUT2D eigenvalue weighted by Crippen LogP contribution is -1.99. The first-order valence-corrected chi connectivity index (χ1v) is 6.14. The summed E-state index contributed by atoms with van der Waals surface area (Å²) in [6, 6.07) is 11.3. The van der Waals surface area contributed by atoms with Gasteiger partial charge in [0.2, 0.25) is 0 Å². The van der Waals surface area contributed by atoms with E-state index in [1.165, 1.54) is 0 Å². The minimum atomic E-state index is 0.368. The van der Waals surface area contributed by atoms with E-state index in [2.05, 4.69) is 9.97 Å². The fourth-order valence-electron chi connectivity index (χ4n) is 2.18. The van der Waals surface area contributed by atoms with Gasteiger partial charge in [-0.25, -0.2) is 4.98 Å². The second-order valence-electron chi connectivity index (χ2n) is 4.42. The molecule has 0 unspecified atom stereocenters. The molecule has 2 aromatic heterocycles. The van der Waals surface area contributed by atoms with E-state index >= 15 is 0 Å². The molecule has 0 saturated carbocycles. The molecule has 0 amide bonds. The van der Waals surface area contributed by atoms with Crippen molar-refractivity contribution in [3.8, 4) is 17.0 Å². The number of hydrogen-bond donors (Lipinski definition) is 2. The summed E-state index contributed by atoms with van der Waals surface area (Å²) in [5.74, 6) is 1.53. The van der Waals surface area contributed by atoms with Crippen molar-refractivity contribution in [1.29, 1.82) is 0 Å². The number of hydrogen-bond acceptors (Lipinski definition) is 5. The van der Waals surface area contributed by atoms with Crippen molar-refractivity contribution >= 4 is 22.4 Å². The summed E-state index contributed by atoms with van der Waals surface area (Å²) in [5, 5.41) is 2.03. The Kier molecular flexibility index (Phi) is 2.87. The van der Waals surface area contributed by atoms with Crippen molar-refractivity contribution in [3.05, 3.63) is 42.6 Å². The van der Waals surface area contributed by atoms with Gasteiger partial charge < -0.3 is 16.2 Å². The smallest absolute Gasteiger partial charge is 0.135 e. The summed E-state index contributed by atoms with van der Waals surface area (Å²) >= 11 is 0. The van der Waals surface area contributed by atoms with Crippen molar-refractivity contribution in [3.63, 3.8) is 0 Å². The second-order valence-corrected chi connectivity index (χ2v) is 4.42. The number of methoxy groups -OCH3 is 1. The highest BCUT2D eigenvalue weighted by Gasteiger charge is 2.10. The van der Waals surface area contributed by atoms with Crippen LogP contribution in [-0.4, -0.2) is 17.1 Å². The van der Waals surface area contributed by atoms with E-state index in [0.29, 0.717) is 11.6 Å². The molecule has 0 aliphatic heterocycles. The van der Waals surface area contributed by atoms with Crippen molar-refractivity contribution in [2.45, 2.75) is 0 Å². The highest BCUT2D eigenvalue weighted by atomic mass is 16.5. The van der Waals surface area contributed by atoms with Gasteiger partial charge in [0, 0.05) is 17.1 Å². The van der Waals surface area contributed by atoms with Crippen LogP contribution in [0.25, 0.3) is 22.0 Å². The fraction of sp³-hybridized carbons (Fsp3) is 0.0667. The van der Waals surface area contributed by atoms with E-state index in [1.54, 1.807) is 19.4 Å². The van der Waals surface area contributed by atoms with Gasteiger partial charge in [0.05, 0.1) is 12.8 Å². The van der Waals surface area contributed by atoms with E-state index in [4.69, 9.17) is 16.2 Å². The molecule has 1 aromatic carbocycles. The number of nitrogens with two attached hydrogens (primary N) is 2. The van der Waals surface area contributed by atoms with Gasteiger partial charge in [-0.2, -0.15) is 0 Å². The van der Waals surface area contributed by atoms with Crippen LogP contribution in [0.4, 0.5) is 11.6 Å². The van der Waals surface area contributed by atoms with Crippen molar-refractivity contribution in [2.24, 2.45) is 0 Å². The zero-order valence-corrected chi connectivity index (χ0v) is 11.0. The van der Waals surface area contributed by atoms with Crippen LogP contribution in [0.2, 0.25) is 0 Å². The Morgan fingerprint density at radius 3 is 2.65 bits per heavy atom. The Morgan fingerprint density at radius 1 is 1.05 bits per heavy atom. The maximum absolute atomic E-state index is 5.95. The Hall–Kier alpha value is -2.82. The SMILES string of the molecule is COc1ccc2ccnc(-c3ccc(N)nc3N)c2c1. The zero-order valence-electron chi connectivity index (χ0n) is 11.0. The molecule has 20 heavy (non-hydrogen) atoms. The molecule has 3 aromatic rings. The minimum Gasteiger partial charge on any atom is -0.497 e. The van der Waals surface area contributed by atoms with Crippen LogP contribution in [-0.2, 0) is 0 Å². The van der Waals surface area contributed by atoms with E-state index in [1.807, 2.05) is 30.3 Å². The molecule has 0 bridgehead atoms. The van der Waals surface area contributed by atoms with Crippen molar-refractivity contribution in [1.82, 2.24) is 9.97 Å². The zero-order chi connectivity index (χ0) is 14.1. The van der Waals surface area contributed by atoms with Gasteiger partial charge >= 0.3 is 0 Å². The number of pyridine rings is 2. The van der Waals surface area contributed by atoms with E-state index < -0.39 is 0 Å². The van der Waals surface area contributed by atoms with Gasteiger partial charge in [-0.05, 0) is 35.7 Å². The summed E-state index contributed by atoms with van der Waals surface area (Å²) in [4.78, 5) is 8.51. The summed E-state index contributed by atoms with van der Waals surface area (Å²) in [7, 11) is 1.64. The molecular formula is C15H14N4O. The van der Waals surface area contributed by atoms with Gasteiger partial charge in [0.15, 0.2) is 0 Å². The Morgan fingerprint density at radius 2 is 1.90 bits per heavy atom. The monoisotopic (exact) mass is 266 g/mol. The fourth-order valence-corrected chi connectivity index (χ4v) is 2.18. The van der Waals surface area contributed by atoms with E-state index in [9.17, 15) is 0 Å². The first kappa shape index (κ1) is 12.2. The van der Waals surface area contributed by atoms with Crippen molar-refractivity contribution < 1.29 is 4.74 Å².